The van der Waals surface area contributed by atoms with E-state index in [9.17, 15) is 4.79 Å². The Bertz CT molecular complexity index is 907. The van der Waals surface area contributed by atoms with E-state index in [1.54, 1.807) is 11.3 Å². The Morgan fingerprint density at radius 3 is 2.38 bits per heavy atom. The molecule has 0 bridgehead atoms. The first-order chi connectivity index (χ1) is 12.4. The molecule has 0 aliphatic carbocycles. The highest BCUT2D eigenvalue weighted by Crippen LogP contribution is 2.31. The lowest BCUT2D eigenvalue weighted by Gasteiger charge is -2.22. The van der Waals surface area contributed by atoms with Gasteiger partial charge in [0.1, 0.15) is 0 Å². The second-order valence-electron chi connectivity index (χ2n) is 6.98. The minimum atomic E-state index is 0.0115. The molecule has 0 atom stereocenters. The highest BCUT2D eigenvalue weighted by Gasteiger charge is 2.22. The predicted octanol–water partition coefficient (Wildman–Crippen LogP) is 4.43. The van der Waals surface area contributed by atoms with E-state index in [0.29, 0.717) is 6.54 Å². The number of amides is 1. The van der Waals surface area contributed by atoms with Crippen LogP contribution in [0.5, 0.6) is 0 Å². The molecule has 2 aromatic carbocycles. The van der Waals surface area contributed by atoms with Crippen molar-refractivity contribution in [2.75, 3.05) is 32.1 Å². The summed E-state index contributed by atoms with van der Waals surface area (Å²) in [6, 6.07) is 12.0. The molecule has 3 rings (SSSR count). The highest BCUT2D eigenvalue weighted by atomic mass is 32.1. The number of carbonyl (C=O) groups excluding carboxylic acids is 1. The number of hydrogen-bond donors (Lipinski definition) is 0. The van der Waals surface area contributed by atoms with Crippen LogP contribution < -0.4 is 4.90 Å². The molecule has 3 aromatic rings. The molecule has 0 fully saturated rings. The first-order valence-electron chi connectivity index (χ1n) is 8.77. The Morgan fingerprint density at radius 1 is 1.00 bits per heavy atom. The van der Waals surface area contributed by atoms with Crippen LogP contribution >= 0.6 is 11.3 Å². The average Bonchev–Trinajstić information content (AvgIpc) is 2.97. The lowest BCUT2D eigenvalue weighted by molar-refractivity contribution is 0.0984. The number of likely N-dealkylation sites (N-methyl/N-ethyl adjacent to an activating group) is 1. The predicted molar refractivity (Wildman–Crippen MR) is 111 cm³/mol. The SMILES string of the molecule is Cc1cc2nc(N(CCN(C)C)C(=O)c3ccccc3C)sc2cc1C. The lowest BCUT2D eigenvalue weighted by Crippen LogP contribution is -2.37. The summed E-state index contributed by atoms with van der Waals surface area (Å²) >= 11 is 1.58. The van der Waals surface area contributed by atoms with Crippen LogP contribution in [0.1, 0.15) is 27.0 Å². The fourth-order valence-corrected chi connectivity index (χ4v) is 3.90. The number of aryl methyl sites for hydroxylation is 3. The van der Waals surface area contributed by atoms with E-state index in [1.165, 1.54) is 11.1 Å². The van der Waals surface area contributed by atoms with Crippen LogP contribution in [-0.2, 0) is 0 Å². The third-order valence-corrected chi connectivity index (χ3v) is 5.66. The quantitative estimate of drug-likeness (QED) is 0.669. The number of fused-ring (bicyclic) bond motifs is 1. The summed E-state index contributed by atoms with van der Waals surface area (Å²) in [7, 11) is 4.03. The van der Waals surface area contributed by atoms with Crippen LogP contribution in [0.25, 0.3) is 10.2 Å². The van der Waals surface area contributed by atoms with E-state index >= 15 is 0 Å². The molecule has 0 saturated carbocycles. The maximum Gasteiger partial charge on any atom is 0.260 e. The molecule has 1 amide bonds. The van der Waals surface area contributed by atoms with Gasteiger partial charge in [0.15, 0.2) is 5.13 Å². The fraction of sp³-hybridized carbons (Fsp3) is 0.333. The molecule has 136 valence electrons. The number of rotatable bonds is 5. The van der Waals surface area contributed by atoms with Crippen LogP contribution in [0.15, 0.2) is 36.4 Å². The van der Waals surface area contributed by atoms with Gasteiger partial charge in [-0.2, -0.15) is 0 Å². The van der Waals surface area contributed by atoms with Gasteiger partial charge < -0.3 is 4.90 Å². The summed E-state index contributed by atoms with van der Waals surface area (Å²) in [5.41, 5.74) is 5.15. The molecule has 1 heterocycles. The first kappa shape index (κ1) is 18.5. The molecular weight excluding hydrogens is 342 g/mol. The van der Waals surface area contributed by atoms with Gasteiger partial charge in [-0.05, 0) is 69.8 Å². The third-order valence-electron chi connectivity index (χ3n) is 4.61. The largest absolute Gasteiger partial charge is 0.308 e. The van der Waals surface area contributed by atoms with Gasteiger partial charge in [0, 0.05) is 18.7 Å². The maximum absolute atomic E-state index is 13.3. The van der Waals surface area contributed by atoms with Crippen LogP contribution in [0.2, 0.25) is 0 Å². The molecule has 0 aliphatic heterocycles. The Morgan fingerprint density at radius 2 is 1.69 bits per heavy atom. The van der Waals surface area contributed by atoms with Crippen molar-refractivity contribution in [3.8, 4) is 0 Å². The van der Waals surface area contributed by atoms with E-state index in [4.69, 9.17) is 4.98 Å². The van der Waals surface area contributed by atoms with Crippen molar-refractivity contribution in [3.63, 3.8) is 0 Å². The molecule has 0 spiro atoms. The Kier molecular flexibility index (Phi) is 5.39. The Balaban J connectivity index is 2.03. The monoisotopic (exact) mass is 367 g/mol. The Hall–Kier alpha value is -2.24. The van der Waals surface area contributed by atoms with Gasteiger partial charge in [0.05, 0.1) is 10.2 Å². The van der Waals surface area contributed by atoms with Crippen molar-refractivity contribution >= 4 is 32.6 Å². The van der Waals surface area contributed by atoms with Crippen molar-refractivity contribution in [2.24, 2.45) is 0 Å². The standard InChI is InChI=1S/C21H25N3OS/c1-14-8-6-7-9-17(14)20(25)24(11-10-23(4)5)21-22-18-12-15(2)16(3)13-19(18)26-21/h6-9,12-13H,10-11H2,1-5H3. The van der Waals surface area contributed by atoms with Crippen LogP contribution in [0, 0.1) is 20.8 Å². The minimum Gasteiger partial charge on any atom is -0.308 e. The molecule has 0 unspecified atom stereocenters. The summed E-state index contributed by atoms with van der Waals surface area (Å²) in [5, 5.41) is 0.764. The minimum absolute atomic E-state index is 0.0115. The second kappa shape index (κ2) is 7.56. The summed E-state index contributed by atoms with van der Waals surface area (Å²) in [4.78, 5) is 21.9. The smallest absolute Gasteiger partial charge is 0.260 e. The zero-order valence-corrected chi connectivity index (χ0v) is 16.9. The lowest BCUT2D eigenvalue weighted by atomic mass is 10.1. The molecule has 5 heteroatoms. The van der Waals surface area contributed by atoms with E-state index in [0.717, 1.165) is 33.0 Å². The normalized spacial score (nSPS) is 11.3. The van der Waals surface area contributed by atoms with Crippen LogP contribution in [-0.4, -0.2) is 43.0 Å². The number of hydrogen-bond acceptors (Lipinski definition) is 4. The van der Waals surface area contributed by atoms with Gasteiger partial charge in [-0.3, -0.25) is 9.69 Å². The van der Waals surface area contributed by atoms with Gasteiger partial charge in [0.25, 0.3) is 5.91 Å². The summed E-state index contributed by atoms with van der Waals surface area (Å²) in [6.45, 7) is 7.57. The van der Waals surface area contributed by atoms with Gasteiger partial charge in [-0.1, -0.05) is 29.5 Å². The van der Waals surface area contributed by atoms with Crippen LogP contribution in [0.3, 0.4) is 0 Å². The van der Waals surface area contributed by atoms with Crippen molar-refractivity contribution in [1.29, 1.82) is 0 Å². The van der Waals surface area contributed by atoms with E-state index < -0.39 is 0 Å². The zero-order chi connectivity index (χ0) is 18.8. The molecule has 0 saturated heterocycles. The van der Waals surface area contributed by atoms with Crippen molar-refractivity contribution in [2.45, 2.75) is 20.8 Å². The number of anilines is 1. The van der Waals surface area contributed by atoms with Crippen molar-refractivity contribution in [3.05, 3.63) is 58.7 Å². The van der Waals surface area contributed by atoms with Crippen LogP contribution in [0.4, 0.5) is 5.13 Å². The number of nitrogens with zero attached hydrogens (tertiary/aromatic N) is 3. The Labute approximate surface area is 159 Å². The van der Waals surface area contributed by atoms with Crippen molar-refractivity contribution in [1.82, 2.24) is 9.88 Å². The fourth-order valence-electron chi connectivity index (χ4n) is 2.83. The highest BCUT2D eigenvalue weighted by molar-refractivity contribution is 7.22. The molecule has 1 aromatic heterocycles. The summed E-state index contributed by atoms with van der Waals surface area (Å²) < 4.78 is 1.12. The summed E-state index contributed by atoms with van der Waals surface area (Å²) in [5.74, 6) is 0.0115. The topological polar surface area (TPSA) is 36.4 Å². The number of aromatic nitrogens is 1. The van der Waals surface area contributed by atoms with Gasteiger partial charge >= 0.3 is 0 Å². The second-order valence-corrected chi connectivity index (χ2v) is 7.98. The zero-order valence-electron chi connectivity index (χ0n) is 16.0. The van der Waals surface area contributed by atoms with E-state index in [1.807, 2.05) is 50.2 Å². The molecule has 0 N–H and O–H groups in total. The number of thiazole rings is 1. The molecule has 0 aliphatic rings. The maximum atomic E-state index is 13.3. The van der Waals surface area contributed by atoms with Crippen molar-refractivity contribution < 1.29 is 4.79 Å². The molecule has 4 nitrogen and oxygen atoms in total. The molecule has 26 heavy (non-hydrogen) atoms. The molecular formula is C21H25N3OS. The average molecular weight is 368 g/mol. The third kappa shape index (κ3) is 3.79. The first-order valence-corrected chi connectivity index (χ1v) is 9.58. The van der Waals surface area contributed by atoms with Gasteiger partial charge in [-0.25, -0.2) is 4.98 Å². The molecule has 0 radical (unpaired) electrons. The van der Waals surface area contributed by atoms with Gasteiger partial charge in [-0.15, -0.1) is 0 Å². The number of benzene rings is 2. The summed E-state index contributed by atoms with van der Waals surface area (Å²) in [6.07, 6.45) is 0. The van der Waals surface area contributed by atoms with E-state index in [-0.39, 0.29) is 5.91 Å². The number of carbonyl (C=O) groups is 1. The van der Waals surface area contributed by atoms with Gasteiger partial charge in [0.2, 0.25) is 0 Å². The van der Waals surface area contributed by atoms with E-state index in [2.05, 4.69) is 30.9 Å².